The summed E-state index contributed by atoms with van der Waals surface area (Å²) in [6.07, 6.45) is 0. The van der Waals surface area contributed by atoms with Crippen molar-refractivity contribution in [1.82, 2.24) is 10.0 Å². The fraction of sp³-hybridized carbons (Fsp3) is 0.200. The lowest BCUT2D eigenvalue weighted by Crippen LogP contribution is -2.39. The van der Waals surface area contributed by atoms with Gasteiger partial charge in [-0.15, -0.1) is 0 Å². The topological polar surface area (TPSA) is 139 Å². The highest BCUT2D eigenvalue weighted by atomic mass is 32.2. The van der Waals surface area contributed by atoms with Crippen LogP contribution >= 0.6 is 0 Å². The van der Waals surface area contributed by atoms with E-state index in [0.29, 0.717) is 0 Å². The van der Waals surface area contributed by atoms with E-state index in [1.807, 2.05) is 0 Å². The number of anilines is 1. The predicted octanol–water partition coefficient (Wildman–Crippen LogP) is -0.0252. The lowest BCUT2D eigenvalue weighted by Gasteiger charge is -2.09. The summed E-state index contributed by atoms with van der Waals surface area (Å²) in [7, 11) is -4.13. The van der Waals surface area contributed by atoms with Gasteiger partial charge < -0.3 is 16.2 Å². The van der Waals surface area contributed by atoms with Crippen LogP contribution in [0.15, 0.2) is 23.1 Å². The molecule has 0 spiro atoms. The SMILES string of the molecule is CCNC(=O)NS(=O)(=O)c1ccc(C(=O)O)cc1N. The summed E-state index contributed by atoms with van der Waals surface area (Å²) in [6.45, 7) is 1.89. The number of sulfonamides is 1. The number of carbonyl (C=O) groups is 2. The summed E-state index contributed by atoms with van der Waals surface area (Å²) in [5.74, 6) is -1.23. The van der Waals surface area contributed by atoms with E-state index in [-0.39, 0.29) is 22.7 Å². The maximum Gasteiger partial charge on any atom is 0.335 e. The van der Waals surface area contributed by atoms with Crippen molar-refractivity contribution in [1.29, 1.82) is 0 Å². The van der Waals surface area contributed by atoms with Gasteiger partial charge in [-0.05, 0) is 25.1 Å². The summed E-state index contributed by atoms with van der Waals surface area (Å²) in [4.78, 5) is 21.5. The van der Waals surface area contributed by atoms with E-state index in [0.717, 1.165) is 18.2 Å². The number of hydrogen-bond acceptors (Lipinski definition) is 5. The summed E-state index contributed by atoms with van der Waals surface area (Å²) in [5, 5.41) is 11.0. The highest BCUT2D eigenvalue weighted by Gasteiger charge is 2.21. The molecule has 0 aromatic heterocycles. The number of rotatable bonds is 4. The molecule has 0 atom stereocenters. The van der Waals surface area contributed by atoms with Crippen LogP contribution in [0.1, 0.15) is 17.3 Å². The first-order chi connectivity index (χ1) is 8.77. The van der Waals surface area contributed by atoms with Crippen LogP contribution in [0.5, 0.6) is 0 Å². The standard InChI is InChI=1S/C10H13N3O5S/c1-2-12-10(16)13-19(17,18)8-4-3-6(9(14)15)5-7(8)11/h3-5H,2,11H2,1H3,(H,14,15)(H2,12,13,16). The van der Waals surface area contributed by atoms with Gasteiger partial charge in [0.15, 0.2) is 0 Å². The van der Waals surface area contributed by atoms with E-state index in [4.69, 9.17) is 10.8 Å². The number of hydrogen-bond donors (Lipinski definition) is 4. The van der Waals surface area contributed by atoms with Crippen LogP contribution in [0.4, 0.5) is 10.5 Å². The number of nitrogen functional groups attached to an aromatic ring is 1. The molecule has 0 bridgehead atoms. The normalized spacial score (nSPS) is 10.8. The van der Waals surface area contributed by atoms with Crippen molar-refractivity contribution in [2.24, 2.45) is 0 Å². The van der Waals surface area contributed by atoms with Crippen LogP contribution in [-0.2, 0) is 10.0 Å². The van der Waals surface area contributed by atoms with Crippen molar-refractivity contribution >= 4 is 27.7 Å². The Labute approximate surface area is 109 Å². The molecular weight excluding hydrogens is 274 g/mol. The predicted molar refractivity (Wildman–Crippen MR) is 67.2 cm³/mol. The zero-order valence-electron chi connectivity index (χ0n) is 10.0. The van der Waals surface area contributed by atoms with Gasteiger partial charge >= 0.3 is 12.0 Å². The number of aromatic carboxylic acids is 1. The molecule has 19 heavy (non-hydrogen) atoms. The van der Waals surface area contributed by atoms with Crippen LogP contribution in [0.2, 0.25) is 0 Å². The van der Waals surface area contributed by atoms with Gasteiger partial charge in [-0.1, -0.05) is 0 Å². The molecule has 9 heteroatoms. The minimum atomic E-state index is -4.13. The number of urea groups is 1. The van der Waals surface area contributed by atoms with E-state index in [2.05, 4.69) is 5.32 Å². The van der Waals surface area contributed by atoms with E-state index in [1.54, 1.807) is 11.6 Å². The first-order valence-electron chi connectivity index (χ1n) is 5.21. The van der Waals surface area contributed by atoms with E-state index in [9.17, 15) is 18.0 Å². The molecule has 1 rings (SSSR count). The molecule has 104 valence electrons. The van der Waals surface area contributed by atoms with Crippen molar-refractivity contribution in [2.45, 2.75) is 11.8 Å². The molecule has 1 aromatic carbocycles. The first kappa shape index (κ1) is 14.8. The highest BCUT2D eigenvalue weighted by Crippen LogP contribution is 2.19. The van der Waals surface area contributed by atoms with E-state index < -0.39 is 22.0 Å². The zero-order valence-corrected chi connectivity index (χ0v) is 10.8. The molecule has 0 radical (unpaired) electrons. The maximum atomic E-state index is 11.8. The van der Waals surface area contributed by atoms with Gasteiger partial charge in [-0.3, -0.25) is 0 Å². The number of carboxylic acid groups (broad SMARTS) is 1. The molecule has 0 aliphatic heterocycles. The van der Waals surface area contributed by atoms with Gasteiger partial charge in [-0.2, -0.15) is 0 Å². The number of carboxylic acids is 1. The molecule has 0 saturated heterocycles. The van der Waals surface area contributed by atoms with Gasteiger partial charge in [0, 0.05) is 6.54 Å². The van der Waals surface area contributed by atoms with Gasteiger partial charge in [0.1, 0.15) is 4.90 Å². The van der Waals surface area contributed by atoms with E-state index in [1.165, 1.54) is 0 Å². The summed E-state index contributed by atoms with van der Waals surface area (Å²) in [6, 6.07) is 2.24. The fourth-order valence-corrected chi connectivity index (χ4v) is 2.34. The zero-order chi connectivity index (χ0) is 14.6. The first-order valence-corrected chi connectivity index (χ1v) is 6.69. The molecule has 0 aliphatic rings. The van der Waals surface area contributed by atoms with Crippen LogP contribution in [0, 0.1) is 0 Å². The fourth-order valence-electron chi connectivity index (χ4n) is 1.30. The van der Waals surface area contributed by atoms with Crippen LogP contribution in [0.3, 0.4) is 0 Å². The Kier molecular flexibility index (Phi) is 4.33. The van der Waals surface area contributed by atoms with Crippen molar-refractivity contribution < 1.29 is 23.1 Å². The number of nitrogens with one attached hydrogen (secondary N) is 2. The Balaban J connectivity index is 3.09. The molecule has 2 amide bonds. The summed E-state index contributed by atoms with van der Waals surface area (Å²) < 4.78 is 25.4. The van der Waals surface area contributed by atoms with Crippen molar-refractivity contribution in [2.75, 3.05) is 12.3 Å². The van der Waals surface area contributed by atoms with Gasteiger partial charge in [-0.25, -0.2) is 22.7 Å². The Hall–Kier alpha value is -2.29. The molecule has 0 unspecified atom stereocenters. The molecule has 5 N–H and O–H groups in total. The Bertz CT molecular complexity index is 612. The third-order valence-corrected chi connectivity index (χ3v) is 3.52. The number of nitrogens with two attached hydrogens (primary N) is 1. The molecule has 0 saturated carbocycles. The number of benzene rings is 1. The summed E-state index contributed by atoms with van der Waals surface area (Å²) >= 11 is 0. The van der Waals surface area contributed by atoms with Crippen molar-refractivity contribution in [3.05, 3.63) is 23.8 Å². The van der Waals surface area contributed by atoms with Gasteiger partial charge in [0.25, 0.3) is 10.0 Å². The molecule has 0 heterocycles. The third kappa shape index (κ3) is 3.58. The molecule has 0 fully saturated rings. The van der Waals surface area contributed by atoms with Crippen LogP contribution < -0.4 is 15.8 Å². The van der Waals surface area contributed by atoms with Gasteiger partial charge in [0.2, 0.25) is 0 Å². The monoisotopic (exact) mass is 287 g/mol. The molecule has 0 aliphatic carbocycles. The molecule has 8 nitrogen and oxygen atoms in total. The van der Waals surface area contributed by atoms with Crippen molar-refractivity contribution in [3.63, 3.8) is 0 Å². The Morgan fingerprint density at radius 1 is 1.37 bits per heavy atom. The number of carbonyl (C=O) groups excluding carboxylic acids is 1. The second kappa shape index (κ2) is 5.57. The quantitative estimate of drug-likeness (QED) is 0.574. The second-order valence-corrected chi connectivity index (χ2v) is 5.17. The largest absolute Gasteiger partial charge is 0.478 e. The minimum absolute atomic E-state index is 0.144. The van der Waals surface area contributed by atoms with E-state index >= 15 is 0 Å². The average Bonchev–Trinajstić information content (AvgIpc) is 2.27. The Morgan fingerprint density at radius 2 is 2.00 bits per heavy atom. The van der Waals surface area contributed by atoms with Gasteiger partial charge in [0.05, 0.1) is 11.3 Å². The lowest BCUT2D eigenvalue weighted by molar-refractivity contribution is 0.0696. The number of amides is 2. The second-order valence-electron chi connectivity index (χ2n) is 3.52. The minimum Gasteiger partial charge on any atom is -0.478 e. The highest BCUT2D eigenvalue weighted by molar-refractivity contribution is 7.90. The Morgan fingerprint density at radius 3 is 2.47 bits per heavy atom. The third-order valence-electron chi connectivity index (χ3n) is 2.11. The molecule has 1 aromatic rings. The van der Waals surface area contributed by atoms with Crippen molar-refractivity contribution in [3.8, 4) is 0 Å². The van der Waals surface area contributed by atoms with Crippen LogP contribution in [-0.4, -0.2) is 32.1 Å². The van der Waals surface area contributed by atoms with Crippen LogP contribution in [0.25, 0.3) is 0 Å². The molecular formula is C10H13N3O5S. The smallest absolute Gasteiger partial charge is 0.335 e. The summed E-state index contributed by atoms with van der Waals surface area (Å²) in [5.41, 5.74) is 5.08. The average molecular weight is 287 g/mol. The lowest BCUT2D eigenvalue weighted by atomic mass is 10.2. The maximum absolute atomic E-state index is 11.8.